The Balaban J connectivity index is 2.28. The lowest BCUT2D eigenvalue weighted by Gasteiger charge is -2.30. The van der Waals surface area contributed by atoms with E-state index in [0.29, 0.717) is 5.56 Å². The Kier molecular flexibility index (Phi) is 2.87. The van der Waals surface area contributed by atoms with Crippen LogP contribution in [0.5, 0.6) is 0 Å². The Morgan fingerprint density at radius 1 is 1.38 bits per heavy atom. The van der Waals surface area contributed by atoms with Crippen molar-refractivity contribution in [2.45, 2.75) is 19.1 Å². The minimum atomic E-state index is -0.926. The van der Waals surface area contributed by atoms with Crippen LogP contribution in [0.1, 0.15) is 18.5 Å². The van der Waals surface area contributed by atoms with Crippen molar-refractivity contribution in [3.05, 3.63) is 35.4 Å². The molecule has 1 aromatic carbocycles. The first kappa shape index (κ1) is 11.0. The molecule has 0 radical (unpaired) electrons. The number of amides is 1. The fourth-order valence-corrected chi connectivity index (χ4v) is 1.70. The first-order valence-corrected chi connectivity index (χ1v) is 4.94. The van der Waals surface area contributed by atoms with Gasteiger partial charge in [-0.25, -0.2) is 8.78 Å². The maximum Gasteiger partial charge on any atom is 0.246 e. The average molecular weight is 227 g/mol. The average Bonchev–Trinajstić information content (AvgIpc) is 2.26. The van der Waals surface area contributed by atoms with Crippen molar-refractivity contribution < 1.29 is 18.3 Å². The number of morpholine rings is 1. The summed E-state index contributed by atoms with van der Waals surface area (Å²) < 4.78 is 31.0. The molecular formula is C11H11F2NO2. The standard InChI is InChI=1S/C11H11F2NO2/c1-6-11(14-10(15)5-16-6)7-2-3-8(12)9(13)4-7/h2-4,6,11H,5H2,1H3,(H,14,15)/t6-,11?/m0/s1. The van der Waals surface area contributed by atoms with Gasteiger partial charge in [-0.3, -0.25) is 4.79 Å². The van der Waals surface area contributed by atoms with Crippen molar-refractivity contribution in [3.8, 4) is 0 Å². The molecule has 0 aromatic heterocycles. The monoisotopic (exact) mass is 227 g/mol. The Labute approximate surface area is 91.4 Å². The third kappa shape index (κ3) is 2.04. The molecule has 5 heteroatoms. The van der Waals surface area contributed by atoms with Gasteiger partial charge in [0.05, 0.1) is 12.1 Å². The van der Waals surface area contributed by atoms with E-state index in [1.54, 1.807) is 6.92 Å². The lowest BCUT2D eigenvalue weighted by atomic mass is 10.0. The molecule has 1 amide bonds. The van der Waals surface area contributed by atoms with E-state index in [0.717, 1.165) is 12.1 Å². The molecule has 2 rings (SSSR count). The second-order valence-corrected chi connectivity index (χ2v) is 3.73. The number of hydrogen-bond donors (Lipinski definition) is 1. The number of ether oxygens (including phenoxy) is 1. The lowest BCUT2D eigenvalue weighted by molar-refractivity contribution is -0.136. The summed E-state index contributed by atoms with van der Waals surface area (Å²) in [5, 5.41) is 2.68. The second kappa shape index (κ2) is 4.17. The molecule has 1 aliphatic heterocycles. The van der Waals surface area contributed by atoms with Crippen molar-refractivity contribution in [2.75, 3.05) is 6.61 Å². The molecular weight excluding hydrogens is 216 g/mol. The molecule has 3 nitrogen and oxygen atoms in total. The van der Waals surface area contributed by atoms with Gasteiger partial charge in [-0.15, -0.1) is 0 Å². The number of carbonyl (C=O) groups excluding carboxylic acids is 1. The van der Waals surface area contributed by atoms with Crippen molar-refractivity contribution in [3.63, 3.8) is 0 Å². The van der Waals surface area contributed by atoms with Gasteiger partial charge in [0.25, 0.3) is 0 Å². The molecule has 0 bridgehead atoms. The third-order valence-corrected chi connectivity index (χ3v) is 2.57. The summed E-state index contributed by atoms with van der Waals surface area (Å²) in [4.78, 5) is 11.1. The minimum Gasteiger partial charge on any atom is -0.366 e. The first-order chi connectivity index (χ1) is 7.58. The molecule has 1 heterocycles. The molecule has 1 aromatic rings. The van der Waals surface area contributed by atoms with Crippen LogP contribution in [-0.4, -0.2) is 18.6 Å². The van der Waals surface area contributed by atoms with Crippen molar-refractivity contribution in [1.29, 1.82) is 0 Å². The highest BCUT2D eigenvalue weighted by molar-refractivity contribution is 5.78. The van der Waals surface area contributed by atoms with Crippen LogP contribution in [0, 0.1) is 11.6 Å². The van der Waals surface area contributed by atoms with Crippen LogP contribution in [0.25, 0.3) is 0 Å². The number of rotatable bonds is 1. The van der Waals surface area contributed by atoms with Crippen molar-refractivity contribution >= 4 is 5.91 Å². The van der Waals surface area contributed by atoms with Crippen LogP contribution < -0.4 is 5.32 Å². The summed E-state index contributed by atoms with van der Waals surface area (Å²) in [6.07, 6.45) is -0.262. The maximum absolute atomic E-state index is 13.0. The van der Waals surface area contributed by atoms with E-state index >= 15 is 0 Å². The van der Waals surface area contributed by atoms with E-state index < -0.39 is 17.7 Å². The second-order valence-electron chi connectivity index (χ2n) is 3.73. The number of hydrogen-bond acceptors (Lipinski definition) is 2. The fourth-order valence-electron chi connectivity index (χ4n) is 1.70. The zero-order valence-electron chi connectivity index (χ0n) is 8.67. The van der Waals surface area contributed by atoms with Crippen molar-refractivity contribution in [2.24, 2.45) is 0 Å². The highest BCUT2D eigenvalue weighted by atomic mass is 19.2. The van der Waals surface area contributed by atoms with E-state index in [1.807, 2.05) is 0 Å². The van der Waals surface area contributed by atoms with Gasteiger partial charge in [0.2, 0.25) is 5.91 Å². The predicted molar refractivity (Wildman–Crippen MR) is 52.7 cm³/mol. The molecule has 16 heavy (non-hydrogen) atoms. The third-order valence-electron chi connectivity index (χ3n) is 2.57. The maximum atomic E-state index is 13.0. The van der Waals surface area contributed by atoms with Gasteiger partial charge < -0.3 is 10.1 Å². The summed E-state index contributed by atoms with van der Waals surface area (Å²) >= 11 is 0. The zero-order valence-corrected chi connectivity index (χ0v) is 8.67. The van der Waals surface area contributed by atoms with Gasteiger partial charge >= 0.3 is 0 Å². The lowest BCUT2D eigenvalue weighted by Crippen LogP contribution is -2.44. The van der Waals surface area contributed by atoms with Gasteiger partial charge in [0.1, 0.15) is 6.61 Å². The van der Waals surface area contributed by atoms with Gasteiger partial charge in [-0.2, -0.15) is 0 Å². The molecule has 0 saturated carbocycles. The molecule has 1 saturated heterocycles. The van der Waals surface area contributed by atoms with E-state index in [9.17, 15) is 13.6 Å². The summed E-state index contributed by atoms with van der Waals surface area (Å²) in [6, 6.07) is 3.12. The molecule has 0 spiro atoms. The highest BCUT2D eigenvalue weighted by Gasteiger charge is 2.27. The molecule has 1 N–H and O–H groups in total. The number of nitrogens with one attached hydrogen (secondary N) is 1. The Hall–Kier alpha value is -1.49. The van der Waals surface area contributed by atoms with Gasteiger partial charge in [0.15, 0.2) is 11.6 Å². The smallest absolute Gasteiger partial charge is 0.246 e. The Morgan fingerprint density at radius 2 is 2.12 bits per heavy atom. The van der Waals surface area contributed by atoms with Gasteiger partial charge in [0, 0.05) is 0 Å². The predicted octanol–water partition coefficient (Wildman–Crippen LogP) is 1.54. The molecule has 1 aliphatic rings. The first-order valence-electron chi connectivity index (χ1n) is 4.94. The fraction of sp³-hybridized carbons (Fsp3) is 0.364. The van der Waals surface area contributed by atoms with E-state index in [4.69, 9.17) is 4.74 Å². The van der Waals surface area contributed by atoms with Crippen LogP contribution in [0.4, 0.5) is 8.78 Å². The number of halogens is 2. The largest absolute Gasteiger partial charge is 0.366 e. The SMILES string of the molecule is C[C@@H]1OCC(=O)NC1c1ccc(F)c(F)c1. The number of carbonyl (C=O) groups is 1. The molecule has 0 aliphatic carbocycles. The van der Waals surface area contributed by atoms with Crippen LogP contribution in [0.2, 0.25) is 0 Å². The summed E-state index contributed by atoms with van der Waals surface area (Å²) in [5.74, 6) is -2.09. The summed E-state index contributed by atoms with van der Waals surface area (Å²) in [6.45, 7) is 1.77. The van der Waals surface area contributed by atoms with E-state index in [2.05, 4.69) is 5.32 Å². The normalized spacial score (nSPS) is 25.3. The molecule has 1 fully saturated rings. The minimum absolute atomic E-state index is 0.00133. The number of benzene rings is 1. The van der Waals surface area contributed by atoms with Crippen LogP contribution in [-0.2, 0) is 9.53 Å². The molecule has 86 valence electrons. The van der Waals surface area contributed by atoms with Crippen LogP contribution in [0.15, 0.2) is 18.2 Å². The van der Waals surface area contributed by atoms with E-state index in [-0.39, 0.29) is 18.6 Å². The zero-order chi connectivity index (χ0) is 11.7. The highest BCUT2D eigenvalue weighted by Crippen LogP contribution is 2.23. The van der Waals surface area contributed by atoms with Crippen molar-refractivity contribution in [1.82, 2.24) is 5.32 Å². The van der Waals surface area contributed by atoms with Gasteiger partial charge in [-0.1, -0.05) is 6.07 Å². The molecule has 2 atom stereocenters. The topological polar surface area (TPSA) is 38.3 Å². The Morgan fingerprint density at radius 3 is 2.81 bits per heavy atom. The van der Waals surface area contributed by atoms with Crippen LogP contribution >= 0.6 is 0 Å². The van der Waals surface area contributed by atoms with Crippen LogP contribution in [0.3, 0.4) is 0 Å². The quantitative estimate of drug-likeness (QED) is 0.790. The summed E-state index contributed by atoms with van der Waals surface area (Å²) in [7, 11) is 0. The molecule has 1 unspecified atom stereocenters. The Bertz CT molecular complexity index is 422. The van der Waals surface area contributed by atoms with Gasteiger partial charge in [-0.05, 0) is 24.6 Å². The summed E-state index contributed by atoms with van der Waals surface area (Å²) in [5.41, 5.74) is 0.499. The van der Waals surface area contributed by atoms with E-state index in [1.165, 1.54) is 6.07 Å².